The highest BCUT2D eigenvalue weighted by atomic mass is 32.2. The lowest BCUT2D eigenvalue weighted by atomic mass is 10.2. The topological polar surface area (TPSA) is 120 Å². The third-order valence-corrected chi connectivity index (χ3v) is 5.66. The van der Waals surface area contributed by atoms with Gasteiger partial charge in [0, 0.05) is 39.4 Å². The van der Waals surface area contributed by atoms with Crippen molar-refractivity contribution in [1.29, 1.82) is 0 Å². The predicted octanol–water partition coefficient (Wildman–Crippen LogP) is 2.50. The number of ether oxygens (including phenoxy) is 3. The molecule has 0 aliphatic rings. The SMILES string of the molecule is COCCN(CCOC)c1ccc([N+](=O)[O-])cc1S(=O)(=O)Nc1ccccc1OC. The van der Waals surface area contributed by atoms with Crippen LogP contribution in [0.3, 0.4) is 0 Å². The van der Waals surface area contributed by atoms with Gasteiger partial charge < -0.3 is 19.1 Å². The predicted molar refractivity (Wildman–Crippen MR) is 113 cm³/mol. The molecule has 30 heavy (non-hydrogen) atoms. The summed E-state index contributed by atoms with van der Waals surface area (Å²) < 4.78 is 44.4. The number of methoxy groups -OCH3 is 3. The average molecular weight is 439 g/mol. The molecule has 0 heterocycles. The molecule has 0 aliphatic heterocycles. The summed E-state index contributed by atoms with van der Waals surface area (Å²) in [6, 6.07) is 10.2. The van der Waals surface area contributed by atoms with Crippen LogP contribution in [0.25, 0.3) is 0 Å². The number of rotatable bonds is 12. The molecule has 164 valence electrons. The van der Waals surface area contributed by atoms with E-state index in [1.807, 2.05) is 0 Å². The second-order valence-electron chi connectivity index (χ2n) is 6.19. The Kier molecular flexibility index (Phi) is 8.39. The number of nitrogens with one attached hydrogen (secondary N) is 1. The van der Waals surface area contributed by atoms with E-state index in [0.29, 0.717) is 37.7 Å². The minimum Gasteiger partial charge on any atom is -0.495 e. The van der Waals surface area contributed by atoms with Gasteiger partial charge in [-0.05, 0) is 18.2 Å². The van der Waals surface area contributed by atoms with E-state index < -0.39 is 14.9 Å². The number of hydrogen-bond acceptors (Lipinski definition) is 8. The Labute approximate surface area is 175 Å². The van der Waals surface area contributed by atoms with Crippen LogP contribution in [0.15, 0.2) is 47.4 Å². The normalized spacial score (nSPS) is 11.2. The van der Waals surface area contributed by atoms with Crippen molar-refractivity contribution < 1.29 is 27.6 Å². The third-order valence-electron chi connectivity index (χ3n) is 4.27. The monoisotopic (exact) mass is 439 g/mol. The van der Waals surface area contributed by atoms with Crippen LogP contribution in [-0.2, 0) is 19.5 Å². The van der Waals surface area contributed by atoms with Gasteiger partial charge in [-0.3, -0.25) is 14.8 Å². The van der Waals surface area contributed by atoms with Crippen molar-refractivity contribution in [2.24, 2.45) is 0 Å². The van der Waals surface area contributed by atoms with Gasteiger partial charge in [-0.25, -0.2) is 8.42 Å². The number of anilines is 2. The lowest BCUT2D eigenvalue weighted by Gasteiger charge is -2.26. The smallest absolute Gasteiger partial charge is 0.270 e. The lowest BCUT2D eigenvalue weighted by molar-refractivity contribution is -0.385. The number of non-ortho nitro benzene ring substituents is 1. The van der Waals surface area contributed by atoms with Crippen molar-refractivity contribution in [3.05, 3.63) is 52.6 Å². The summed E-state index contributed by atoms with van der Waals surface area (Å²) in [5.74, 6) is 0.323. The Morgan fingerprint density at radius 3 is 2.23 bits per heavy atom. The first-order valence-corrected chi connectivity index (χ1v) is 10.5. The summed E-state index contributed by atoms with van der Waals surface area (Å²) in [5, 5.41) is 11.3. The van der Waals surface area contributed by atoms with Crippen LogP contribution in [0.1, 0.15) is 0 Å². The van der Waals surface area contributed by atoms with Crippen molar-refractivity contribution in [2.75, 3.05) is 57.3 Å². The van der Waals surface area contributed by atoms with Crippen LogP contribution in [-0.4, -0.2) is 61.0 Å². The molecular formula is C19H25N3O7S. The molecule has 0 radical (unpaired) electrons. The van der Waals surface area contributed by atoms with Crippen molar-refractivity contribution in [3.8, 4) is 5.75 Å². The van der Waals surface area contributed by atoms with Crippen LogP contribution < -0.4 is 14.4 Å². The van der Waals surface area contributed by atoms with Gasteiger partial charge >= 0.3 is 0 Å². The summed E-state index contributed by atoms with van der Waals surface area (Å²) in [7, 11) is 0.300. The van der Waals surface area contributed by atoms with E-state index in [1.165, 1.54) is 33.5 Å². The number of benzene rings is 2. The van der Waals surface area contributed by atoms with Gasteiger partial charge in [0.15, 0.2) is 0 Å². The second-order valence-corrected chi connectivity index (χ2v) is 7.84. The maximum absolute atomic E-state index is 13.2. The van der Waals surface area contributed by atoms with E-state index in [4.69, 9.17) is 14.2 Å². The number of sulfonamides is 1. The number of nitro benzene ring substituents is 1. The van der Waals surface area contributed by atoms with Crippen LogP contribution in [0.4, 0.5) is 17.1 Å². The zero-order valence-electron chi connectivity index (χ0n) is 17.0. The van der Waals surface area contributed by atoms with E-state index in [1.54, 1.807) is 29.2 Å². The van der Waals surface area contributed by atoms with E-state index in [2.05, 4.69) is 4.72 Å². The molecule has 0 bridgehead atoms. The van der Waals surface area contributed by atoms with Crippen molar-refractivity contribution in [1.82, 2.24) is 0 Å². The Balaban J connectivity index is 2.55. The van der Waals surface area contributed by atoms with E-state index in [-0.39, 0.29) is 16.3 Å². The second kappa shape index (κ2) is 10.8. The zero-order valence-corrected chi connectivity index (χ0v) is 17.8. The van der Waals surface area contributed by atoms with Crippen LogP contribution >= 0.6 is 0 Å². The molecule has 10 nitrogen and oxygen atoms in total. The first-order chi connectivity index (χ1) is 14.3. The van der Waals surface area contributed by atoms with Gasteiger partial charge in [0.2, 0.25) is 0 Å². The van der Waals surface area contributed by atoms with Crippen LogP contribution in [0, 0.1) is 10.1 Å². The average Bonchev–Trinajstić information content (AvgIpc) is 2.73. The van der Waals surface area contributed by atoms with Gasteiger partial charge in [0.05, 0.1) is 36.6 Å². The fraction of sp³-hybridized carbons (Fsp3) is 0.368. The van der Waals surface area contributed by atoms with Gasteiger partial charge in [0.25, 0.3) is 15.7 Å². The first kappa shape index (κ1) is 23.4. The number of nitro groups is 1. The number of hydrogen-bond donors (Lipinski definition) is 1. The minimum atomic E-state index is -4.19. The maximum atomic E-state index is 13.2. The minimum absolute atomic E-state index is 0.220. The quantitative estimate of drug-likeness (QED) is 0.396. The Morgan fingerprint density at radius 2 is 1.67 bits per heavy atom. The van der Waals surface area contributed by atoms with E-state index >= 15 is 0 Å². The fourth-order valence-electron chi connectivity index (χ4n) is 2.78. The standard InChI is InChI=1S/C19H25N3O7S/c1-27-12-10-21(11-13-28-2)17-9-8-15(22(23)24)14-19(17)30(25,26)20-16-6-4-5-7-18(16)29-3/h4-9,14,20H,10-13H2,1-3H3. The van der Waals surface area contributed by atoms with E-state index in [0.717, 1.165) is 6.07 Å². The molecule has 11 heteroatoms. The Bertz CT molecular complexity index is 958. The molecule has 0 saturated carbocycles. The summed E-state index contributed by atoms with van der Waals surface area (Å²) in [6.07, 6.45) is 0. The molecule has 0 atom stereocenters. The van der Waals surface area contributed by atoms with E-state index in [9.17, 15) is 18.5 Å². The van der Waals surface area contributed by atoms with Crippen molar-refractivity contribution in [3.63, 3.8) is 0 Å². The molecule has 2 rings (SSSR count). The summed E-state index contributed by atoms with van der Waals surface area (Å²) in [6.45, 7) is 1.41. The van der Waals surface area contributed by atoms with Crippen LogP contribution in [0.5, 0.6) is 5.75 Å². The molecule has 2 aromatic rings. The van der Waals surface area contributed by atoms with Crippen molar-refractivity contribution >= 4 is 27.1 Å². The van der Waals surface area contributed by atoms with Gasteiger partial charge in [-0.2, -0.15) is 0 Å². The van der Waals surface area contributed by atoms with Crippen molar-refractivity contribution in [2.45, 2.75) is 4.90 Å². The zero-order chi connectivity index (χ0) is 22.1. The first-order valence-electron chi connectivity index (χ1n) is 9.01. The molecule has 0 unspecified atom stereocenters. The molecule has 0 aromatic heterocycles. The highest BCUT2D eigenvalue weighted by Gasteiger charge is 2.26. The molecule has 0 aliphatic carbocycles. The molecule has 0 fully saturated rings. The van der Waals surface area contributed by atoms with Gasteiger partial charge in [-0.15, -0.1) is 0 Å². The number of para-hydroxylation sites is 2. The highest BCUT2D eigenvalue weighted by Crippen LogP contribution is 2.33. The summed E-state index contributed by atoms with van der Waals surface area (Å²) in [5.41, 5.74) is 0.187. The number of nitrogens with zero attached hydrogens (tertiary/aromatic N) is 2. The molecule has 0 saturated heterocycles. The third kappa shape index (κ3) is 5.81. The molecule has 1 N–H and O–H groups in total. The lowest BCUT2D eigenvalue weighted by Crippen LogP contribution is -2.32. The molecular weight excluding hydrogens is 414 g/mol. The molecule has 2 aromatic carbocycles. The largest absolute Gasteiger partial charge is 0.495 e. The molecule has 0 amide bonds. The van der Waals surface area contributed by atoms with Gasteiger partial charge in [-0.1, -0.05) is 12.1 Å². The Hall–Kier alpha value is -2.89. The highest BCUT2D eigenvalue weighted by molar-refractivity contribution is 7.93. The van der Waals surface area contributed by atoms with Gasteiger partial charge in [0.1, 0.15) is 10.6 Å². The maximum Gasteiger partial charge on any atom is 0.270 e. The molecule has 0 spiro atoms. The fourth-order valence-corrected chi connectivity index (χ4v) is 4.09. The Morgan fingerprint density at radius 1 is 1.03 bits per heavy atom. The summed E-state index contributed by atoms with van der Waals surface area (Å²) >= 11 is 0. The summed E-state index contributed by atoms with van der Waals surface area (Å²) in [4.78, 5) is 12.2. The van der Waals surface area contributed by atoms with Crippen LogP contribution in [0.2, 0.25) is 0 Å².